The van der Waals surface area contributed by atoms with Crippen LogP contribution >= 0.6 is 0 Å². The molecule has 1 heterocycles. The zero-order valence-corrected chi connectivity index (χ0v) is 9.60. The van der Waals surface area contributed by atoms with E-state index < -0.39 is 0 Å². The van der Waals surface area contributed by atoms with Crippen LogP contribution in [0.4, 0.5) is 0 Å². The molecule has 0 aromatic carbocycles. The molecule has 5 nitrogen and oxygen atoms in total. The van der Waals surface area contributed by atoms with Crippen LogP contribution in [0.2, 0.25) is 0 Å². The summed E-state index contributed by atoms with van der Waals surface area (Å²) < 4.78 is 4.94. The lowest BCUT2D eigenvalue weighted by atomic mass is 9.93. The average molecular weight is 213 g/mol. The molecule has 1 aliphatic rings. The summed E-state index contributed by atoms with van der Waals surface area (Å²) in [6.07, 6.45) is 1.93. The van der Waals surface area contributed by atoms with E-state index in [0.717, 1.165) is 19.4 Å². The Morgan fingerprint density at radius 1 is 1.53 bits per heavy atom. The van der Waals surface area contributed by atoms with Crippen molar-refractivity contribution < 1.29 is 14.3 Å². The van der Waals surface area contributed by atoms with E-state index in [4.69, 9.17) is 9.49 Å². The van der Waals surface area contributed by atoms with Crippen LogP contribution in [0.25, 0.3) is 0 Å². The van der Waals surface area contributed by atoms with Gasteiger partial charge in [-0.2, -0.15) is 0 Å². The van der Waals surface area contributed by atoms with Crippen molar-refractivity contribution in [1.82, 2.24) is 9.87 Å². The molecule has 0 aromatic rings. The van der Waals surface area contributed by atoms with Gasteiger partial charge in [-0.05, 0) is 19.4 Å². The number of hydrogen-bond donors (Lipinski definition) is 0. The number of nitrogens with zero attached hydrogens (tertiary/aromatic N) is 2. The fourth-order valence-corrected chi connectivity index (χ4v) is 1.80. The van der Waals surface area contributed by atoms with Crippen molar-refractivity contribution in [2.45, 2.75) is 12.8 Å². The third-order valence-corrected chi connectivity index (χ3v) is 2.64. The Morgan fingerprint density at radius 2 is 2.27 bits per heavy atom. The van der Waals surface area contributed by atoms with Gasteiger partial charge in [0.05, 0.1) is 13.0 Å². The SMILES string of the molecule is CO[B]N1CCC[C@@H](C(=O)N(C)OC)C1. The van der Waals surface area contributed by atoms with Crippen LogP contribution in [-0.2, 0) is 14.3 Å². The summed E-state index contributed by atoms with van der Waals surface area (Å²) in [6, 6.07) is 0. The second-order valence-electron chi connectivity index (χ2n) is 3.69. The molecular formula is C9H18BN2O3. The van der Waals surface area contributed by atoms with Crippen molar-refractivity contribution in [2.75, 3.05) is 34.4 Å². The van der Waals surface area contributed by atoms with Gasteiger partial charge in [0.2, 0.25) is 5.91 Å². The van der Waals surface area contributed by atoms with Crippen LogP contribution in [0, 0.1) is 5.92 Å². The number of rotatable bonds is 4. The summed E-state index contributed by atoms with van der Waals surface area (Å²) in [5.74, 6) is 0.0433. The fourth-order valence-electron chi connectivity index (χ4n) is 1.80. The summed E-state index contributed by atoms with van der Waals surface area (Å²) in [5, 5.41) is 1.29. The van der Waals surface area contributed by atoms with Crippen molar-refractivity contribution in [3.63, 3.8) is 0 Å². The molecule has 6 heteroatoms. The molecule has 0 unspecified atom stereocenters. The van der Waals surface area contributed by atoms with Crippen LogP contribution in [0.1, 0.15) is 12.8 Å². The summed E-state index contributed by atoms with van der Waals surface area (Å²) in [7, 11) is 6.43. The maximum atomic E-state index is 11.8. The maximum Gasteiger partial charge on any atom is 0.398 e. The topological polar surface area (TPSA) is 42.0 Å². The zero-order chi connectivity index (χ0) is 11.3. The van der Waals surface area contributed by atoms with E-state index in [-0.39, 0.29) is 11.8 Å². The van der Waals surface area contributed by atoms with Crippen molar-refractivity contribution in [1.29, 1.82) is 0 Å². The standard InChI is InChI=1S/C9H18BN2O3/c1-11(15-3)9(13)8-5-4-6-12(7-8)10-14-2/h8H,4-7H2,1-3H3/t8-/m1/s1. The predicted octanol–water partition coefficient (Wildman–Crippen LogP) is -0.101. The van der Waals surface area contributed by atoms with E-state index in [0.29, 0.717) is 6.54 Å². The molecule has 0 N–H and O–H groups in total. The lowest BCUT2D eigenvalue weighted by Crippen LogP contribution is -2.45. The Labute approximate surface area is 91.6 Å². The van der Waals surface area contributed by atoms with E-state index in [9.17, 15) is 4.79 Å². The minimum Gasteiger partial charge on any atom is -0.427 e. The van der Waals surface area contributed by atoms with Gasteiger partial charge in [-0.1, -0.05) is 0 Å². The number of carbonyl (C=O) groups excluding carboxylic acids is 1. The fraction of sp³-hybridized carbons (Fsp3) is 0.889. The van der Waals surface area contributed by atoms with Crippen LogP contribution in [-0.4, -0.2) is 57.8 Å². The maximum absolute atomic E-state index is 11.8. The molecule has 1 fully saturated rings. The molecule has 0 saturated carbocycles. The van der Waals surface area contributed by atoms with Gasteiger partial charge >= 0.3 is 7.62 Å². The molecule has 1 radical (unpaired) electrons. The third-order valence-electron chi connectivity index (χ3n) is 2.64. The highest BCUT2D eigenvalue weighted by Crippen LogP contribution is 2.17. The molecule has 0 spiro atoms. The lowest BCUT2D eigenvalue weighted by molar-refractivity contribution is -0.174. The first kappa shape index (κ1) is 12.5. The van der Waals surface area contributed by atoms with Crippen molar-refractivity contribution in [3.8, 4) is 0 Å². The molecule has 15 heavy (non-hydrogen) atoms. The van der Waals surface area contributed by atoms with Gasteiger partial charge in [0.25, 0.3) is 0 Å². The van der Waals surface area contributed by atoms with Gasteiger partial charge < -0.3 is 9.47 Å². The second kappa shape index (κ2) is 6.10. The average Bonchev–Trinajstić information content (AvgIpc) is 2.28. The highest BCUT2D eigenvalue weighted by Gasteiger charge is 2.28. The Balaban J connectivity index is 2.44. The van der Waals surface area contributed by atoms with Gasteiger partial charge in [0, 0.05) is 20.7 Å². The molecule has 1 saturated heterocycles. The number of hydroxylamine groups is 2. The summed E-state index contributed by atoms with van der Waals surface area (Å²) in [4.78, 5) is 18.7. The predicted molar refractivity (Wildman–Crippen MR) is 56.8 cm³/mol. The van der Waals surface area contributed by atoms with E-state index in [1.165, 1.54) is 12.2 Å². The summed E-state index contributed by atoms with van der Waals surface area (Å²) >= 11 is 0. The molecule has 0 bridgehead atoms. The van der Waals surface area contributed by atoms with Crippen LogP contribution in [0.5, 0.6) is 0 Å². The molecule has 0 aliphatic carbocycles. The molecule has 1 atom stereocenters. The number of piperidine rings is 1. The summed E-state index contributed by atoms with van der Waals surface area (Å²) in [6.45, 7) is 1.66. The molecule has 85 valence electrons. The molecule has 1 amide bonds. The van der Waals surface area contributed by atoms with E-state index in [1.54, 1.807) is 21.8 Å². The first-order valence-corrected chi connectivity index (χ1v) is 5.11. The molecule has 1 aliphatic heterocycles. The highest BCUT2D eigenvalue weighted by molar-refractivity contribution is 6.23. The van der Waals surface area contributed by atoms with E-state index in [1.807, 2.05) is 4.81 Å². The second-order valence-corrected chi connectivity index (χ2v) is 3.69. The van der Waals surface area contributed by atoms with Gasteiger partial charge in [-0.25, -0.2) is 5.06 Å². The Kier molecular flexibility index (Phi) is 5.07. The van der Waals surface area contributed by atoms with Gasteiger partial charge in [0.1, 0.15) is 0 Å². The number of amides is 1. The quantitative estimate of drug-likeness (QED) is 0.483. The molecule has 1 rings (SSSR count). The number of carbonyl (C=O) groups is 1. The first-order valence-electron chi connectivity index (χ1n) is 5.11. The third kappa shape index (κ3) is 3.48. The molecule has 0 aromatic heterocycles. The molecular weight excluding hydrogens is 195 g/mol. The van der Waals surface area contributed by atoms with Crippen LogP contribution < -0.4 is 0 Å². The van der Waals surface area contributed by atoms with Crippen molar-refractivity contribution in [3.05, 3.63) is 0 Å². The van der Waals surface area contributed by atoms with Crippen LogP contribution in [0.15, 0.2) is 0 Å². The summed E-state index contributed by atoms with van der Waals surface area (Å²) in [5.41, 5.74) is 0. The van der Waals surface area contributed by atoms with Gasteiger partial charge in [0.15, 0.2) is 0 Å². The Hall–Kier alpha value is -0.585. The van der Waals surface area contributed by atoms with Crippen LogP contribution in [0.3, 0.4) is 0 Å². The largest absolute Gasteiger partial charge is 0.427 e. The highest BCUT2D eigenvalue weighted by atomic mass is 16.7. The van der Waals surface area contributed by atoms with Crippen molar-refractivity contribution in [2.24, 2.45) is 5.92 Å². The first-order chi connectivity index (χ1) is 7.19. The van der Waals surface area contributed by atoms with Crippen molar-refractivity contribution >= 4 is 13.5 Å². The smallest absolute Gasteiger partial charge is 0.398 e. The zero-order valence-electron chi connectivity index (χ0n) is 9.60. The van der Waals surface area contributed by atoms with Gasteiger partial charge in [-0.15, -0.1) is 0 Å². The minimum atomic E-state index is 0.00935. The van der Waals surface area contributed by atoms with E-state index >= 15 is 0 Å². The monoisotopic (exact) mass is 213 g/mol. The minimum absolute atomic E-state index is 0.00935. The normalized spacial score (nSPS) is 22.5. The Morgan fingerprint density at radius 3 is 2.87 bits per heavy atom. The number of hydrogen-bond acceptors (Lipinski definition) is 4. The lowest BCUT2D eigenvalue weighted by Gasteiger charge is -2.32. The van der Waals surface area contributed by atoms with E-state index in [2.05, 4.69) is 0 Å². The Bertz CT molecular complexity index is 214. The van der Waals surface area contributed by atoms with Gasteiger partial charge in [-0.3, -0.25) is 9.63 Å².